The van der Waals surface area contributed by atoms with Crippen molar-refractivity contribution in [3.63, 3.8) is 0 Å². The van der Waals surface area contributed by atoms with Gasteiger partial charge < -0.3 is 21.1 Å². The van der Waals surface area contributed by atoms with Crippen LogP contribution < -0.4 is 11.1 Å². The van der Waals surface area contributed by atoms with E-state index in [2.05, 4.69) is 15.3 Å². The summed E-state index contributed by atoms with van der Waals surface area (Å²) in [5, 5.41) is 12.3. The van der Waals surface area contributed by atoms with Gasteiger partial charge in [-0.15, -0.1) is 0 Å². The summed E-state index contributed by atoms with van der Waals surface area (Å²) < 4.78 is 0. The molecule has 2 aromatic carbocycles. The molecule has 1 aromatic heterocycles. The van der Waals surface area contributed by atoms with Gasteiger partial charge in [-0.2, -0.15) is 0 Å². The number of carboxylic acids is 1. The van der Waals surface area contributed by atoms with E-state index in [-0.39, 0.29) is 17.4 Å². The maximum Gasteiger partial charge on any atom is 0.326 e. The summed E-state index contributed by atoms with van der Waals surface area (Å²) in [5.41, 5.74) is 8.15. The Kier molecular flexibility index (Phi) is 6.30. The summed E-state index contributed by atoms with van der Waals surface area (Å²) >= 11 is 0. The molecule has 2 amide bonds. The number of carbonyl (C=O) groups is 3. The molecule has 0 aliphatic carbocycles. The largest absolute Gasteiger partial charge is 0.480 e. The zero-order valence-corrected chi connectivity index (χ0v) is 17.8. The number of nitrogen functional groups attached to an aromatic ring is 1. The number of nitrogens with zero attached hydrogens (tertiary/aromatic N) is 3. The van der Waals surface area contributed by atoms with E-state index in [4.69, 9.17) is 5.73 Å². The van der Waals surface area contributed by atoms with Crippen LogP contribution in [-0.4, -0.2) is 50.3 Å². The highest BCUT2D eigenvalue weighted by Gasteiger charge is 2.36. The predicted molar refractivity (Wildman–Crippen MR) is 121 cm³/mol. The van der Waals surface area contributed by atoms with Crippen LogP contribution in [0.25, 0.3) is 11.3 Å². The molecule has 1 fully saturated rings. The normalized spacial score (nSPS) is 15.3. The monoisotopic (exact) mass is 445 g/mol. The van der Waals surface area contributed by atoms with Crippen LogP contribution in [0.4, 0.5) is 5.82 Å². The fourth-order valence-corrected chi connectivity index (χ4v) is 3.80. The maximum absolute atomic E-state index is 13.0. The number of hydrogen-bond acceptors (Lipinski definition) is 6. The van der Waals surface area contributed by atoms with Gasteiger partial charge in [-0.3, -0.25) is 9.59 Å². The van der Waals surface area contributed by atoms with Crippen LogP contribution in [0.15, 0.2) is 60.8 Å². The number of benzene rings is 2. The number of amides is 2. The summed E-state index contributed by atoms with van der Waals surface area (Å²) in [4.78, 5) is 46.8. The highest BCUT2D eigenvalue weighted by atomic mass is 16.4. The van der Waals surface area contributed by atoms with Gasteiger partial charge in [-0.1, -0.05) is 42.5 Å². The first-order valence-corrected chi connectivity index (χ1v) is 10.5. The average Bonchev–Trinajstić information content (AvgIpc) is 3.34. The van der Waals surface area contributed by atoms with Crippen molar-refractivity contribution in [1.29, 1.82) is 0 Å². The molecular formula is C24H23N5O4. The van der Waals surface area contributed by atoms with Gasteiger partial charge in [0, 0.05) is 24.2 Å². The molecule has 3 aromatic rings. The second-order valence-electron chi connectivity index (χ2n) is 7.73. The minimum atomic E-state index is -1.06. The highest BCUT2D eigenvalue weighted by Crippen LogP contribution is 2.24. The Labute approximate surface area is 190 Å². The van der Waals surface area contributed by atoms with E-state index in [9.17, 15) is 19.5 Å². The van der Waals surface area contributed by atoms with Crippen molar-refractivity contribution in [1.82, 2.24) is 20.2 Å². The fourth-order valence-electron chi connectivity index (χ4n) is 3.80. The van der Waals surface area contributed by atoms with Crippen molar-refractivity contribution in [2.24, 2.45) is 0 Å². The molecule has 1 aliphatic heterocycles. The minimum absolute atomic E-state index is 0.0726. The molecule has 9 heteroatoms. The molecule has 1 saturated heterocycles. The number of anilines is 1. The molecule has 1 atom stereocenters. The number of carbonyl (C=O) groups excluding carboxylic acids is 2. The number of likely N-dealkylation sites (tertiary alicyclic amines) is 1. The summed E-state index contributed by atoms with van der Waals surface area (Å²) in [6.07, 6.45) is 2.40. The van der Waals surface area contributed by atoms with E-state index < -0.39 is 17.9 Å². The Morgan fingerprint density at radius 1 is 1.12 bits per heavy atom. The van der Waals surface area contributed by atoms with E-state index in [0.717, 1.165) is 5.56 Å². The quantitative estimate of drug-likeness (QED) is 0.529. The standard InChI is InChI=1S/C24H23N5O4/c25-21-20(23(31)29-11-5-10-19(29)24(32)33)28-18(14-26-21)16-8-4-9-17(12-16)22(30)27-13-15-6-2-1-3-7-15/h1-4,6-9,12,14,19H,5,10-11,13H2,(H2,25,26)(H,27,30)(H,32,33)/t19-/m0/s1. The Balaban J connectivity index is 1.55. The third-order valence-corrected chi connectivity index (χ3v) is 5.52. The van der Waals surface area contributed by atoms with Gasteiger partial charge in [0.2, 0.25) is 0 Å². The lowest BCUT2D eigenvalue weighted by Gasteiger charge is -2.21. The van der Waals surface area contributed by atoms with Gasteiger partial charge in [0.25, 0.3) is 11.8 Å². The van der Waals surface area contributed by atoms with Gasteiger partial charge >= 0.3 is 5.97 Å². The number of aliphatic carboxylic acids is 1. The zero-order valence-electron chi connectivity index (χ0n) is 17.8. The van der Waals surface area contributed by atoms with Gasteiger partial charge in [0.15, 0.2) is 11.5 Å². The lowest BCUT2D eigenvalue weighted by atomic mass is 10.1. The van der Waals surface area contributed by atoms with Crippen molar-refractivity contribution < 1.29 is 19.5 Å². The fraction of sp³-hybridized carbons (Fsp3) is 0.208. The van der Waals surface area contributed by atoms with Gasteiger partial charge in [-0.05, 0) is 30.5 Å². The summed E-state index contributed by atoms with van der Waals surface area (Å²) in [5.74, 6) is -1.94. The first kappa shape index (κ1) is 21.9. The number of aromatic nitrogens is 2. The van der Waals surface area contributed by atoms with Crippen molar-refractivity contribution in [2.45, 2.75) is 25.4 Å². The van der Waals surface area contributed by atoms with Crippen LogP contribution in [0, 0.1) is 0 Å². The lowest BCUT2D eigenvalue weighted by Crippen LogP contribution is -2.41. The van der Waals surface area contributed by atoms with Crippen LogP contribution in [0.2, 0.25) is 0 Å². The average molecular weight is 445 g/mol. The van der Waals surface area contributed by atoms with Crippen LogP contribution >= 0.6 is 0 Å². The van der Waals surface area contributed by atoms with Crippen molar-refractivity contribution >= 4 is 23.6 Å². The Bertz CT molecular complexity index is 1200. The van der Waals surface area contributed by atoms with Crippen LogP contribution in [0.5, 0.6) is 0 Å². The number of hydrogen-bond donors (Lipinski definition) is 3. The molecule has 9 nitrogen and oxygen atoms in total. The molecule has 0 bridgehead atoms. The third kappa shape index (κ3) is 4.82. The Hall–Kier alpha value is -4.27. The molecule has 0 radical (unpaired) electrons. The Morgan fingerprint density at radius 2 is 1.91 bits per heavy atom. The van der Waals surface area contributed by atoms with E-state index in [1.165, 1.54) is 11.1 Å². The lowest BCUT2D eigenvalue weighted by molar-refractivity contribution is -0.141. The molecule has 0 spiro atoms. The van der Waals surface area contributed by atoms with E-state index in [1.807, 2.05) is 30.3 Å². The molecule has 0 unspecified atom stereocenters. The number of nitrogens with one attached hydrogen (secondary N) is 1. The predicted octanol–water partition coefficient (Wildman–Crippen LogP) is 2.34. The topological polar surface area (TPSA) is 139 Å². The van der Waals surface area contributed by atoms with Crippen molar-refractivity contribution in [3.05, 3.63) is 77.6 Å². The van der Waals surface area contributed by atoms with Crippen molar-refractivity contribution in [2.75, 3.05) is 12.3 Å². The molecule has 2 heterocycles. The van der Waals surface area contributed by atoms with E-state index >= 15 is 0 Å². The highest BCUT2D eigenvalue weighted by molar-refractivity contribution is 5.99. The molecule has 4 N–H and O–H groups in total. The van der Waals surface area contributed by atoms with Gasteiger partial charge in [0.05, 0.1) is 11.9 Å². The van der Waals surface area contributed by atoms with Crippen molar-refractivity contribution in [3.8, 4) is 11.3 Å². The number of carboxylic acid groups (broad SMARTS) is 1. The van der Waals surface area contributed by atoms with Crippen LogP contribution in [0.1, 0.15) is 39.3 Å². The first-order chi connectivity index (χ1) is 15.9. The molecule has 0 saturated carbocycles. The Morgan fingerprint density at radius 3 is 2.67 bits per heavy atom. The first-order valence-electron chi connectivity index (χ1n) is 10.5. The molecule has 4 rings (SSSR count). The van der Waals surface area contributed by atoms with E-state index in [0.29, 0.717) is 42.8 Å². The second kappa shape index (κ2) is 9.47. The van der Waals surface area contributed by atoms with Gasteiger partial charge in [0.1, 0.15) is 6.04 Å². The number of rotatable bonds is 6. The van der Waals surface area contributed by atoms with Gasteiger partial charge in [-0.25, -0.2) is 14.8 Å². The number of nitrogens with two attached hydrogens (primary N) is 1. The molecular weight excluding hydrogens is 422 g/mol. The summed E-state index contributed by atoms with van der Waals surface area (Å²) in [6.45, 7) is 0.711. The summed E-state index contributed by atoms with van der Waals surface area (Å²) in [7, 11) is 0. The third-order valence-electron chi connectivity index (χ3n) is 5.52. The minimum Gasteiger partial charge on any atom is -0.480 e. The SMILES string of the molecule is Nc1ncc(-c2cccc(C(=O)NCc3ccccc3)c2)nc1C(=O)N1CCC[C@H]1C(=O)O. The zero-order chi connectivity index (χ0) is 23.4. The maximum atomic E-state index is 13.0. The van der Waals surface area contributed by atoms with Crippen LogP contribution in [0.3, 0.4) is 0 Å². The molecule has 1 aliphatic rings. The molecule has 33 heavy (non-hydrogen) atoms. The van der Waals surface area contributed by atoms with E-state index in [1.54, 1.807) is 24.3 Å². The smallest absolute Gasteiger partial charge is 0.326 e. The van der Waals surface area contributed by atoms with Crippen LogP contribution in [-0.2, 0) is 11.3 Å². The second-order valence-corrected chi connectivity index (χ2v) is 7.73. The summed E-state index contributed by atoms with van der Waals surface area (Å²) in [6, 6.07) is 15.5. The molecule has 168 valence electrons.